The molecule has 0 spiro atoms. The zero-order valence-corrected chi connectivity index (χ0v) is 32.0. The lowest BCUT2D eigenvalue weighted by atomic mass is 9.85. The lowest BCUT2D eigenvalue weighted by Gasteiger charge is -2.36. The van der Waals surface area contributed by atoms with Crippen LogP contribution in [0.15, 0.2) is 30.5 Å². The molecule has 292 valence electrons. The number of likely N-dealkylation sites (tertiary alicyclic amines) is 1. The van der Waals surface area contributed by atoms with Gasteiger partial charge in [0.2, 0.25) is 27.7 Å². The van der Waals surface area contributed by atoms with E-state index in [1.807, 2.05) is 0 Å². The van der Waals surface area contributed by atoms with E-state index in [4.69, 9.17) is 9.47 Å². The quantitative estimate of drug-likeness (QED) is 0.306. The Morgan fingerprint density at radius 3 is 2.21 bits per heavy atom. The van der Waals surface area contributed by atoms with Crippen LogP contribution in [-0.2, 0) is 35.3 Å². The van der Waals surface area contributed by atoms with Crippen LogP contribution in [0, 0.1) is 11.3 Å². The summed E-state index contributed by atoms with van der Waals surface area (Å²) < 4.78 is 80.4. The number of nitrogens with one attached hydrogen (secondary N) is 3. The fourth-order valence-electron chi connectivity index (χ4n) is 6.84. The van der Waals surface area contributed by atoms with Crippen molar-refractivity contribution in [3.63, 3.8) is 0 Å². The summed E-state index contributed by atoms with van der Waals surface area (Å²) in [6.45, 7) is 13.3. The molecule has 2 heterocycles. The average Bonchev–Trinajstić information content (AvgIpc) is 3.92. The van der Waals surface area contributed by atoms with Gasteiger partial charge in [0.05, 0.1) is 16.9 Å². The van der Waals surface area contributed by atoms with E-state index in [1.54, 1.807) is 55.4 Å². The highest BCUT2D eigenvalue weighted by molar-refractivity contribution is 7.91. The molecule has 1 aromatic heterocycles. The first-order chi connectivity index (χ1) is 24.3. The summed E-state index contributed by atoms with van der Waals surface area (Å²) in [5.74, 6) is -2.90. The molecular formula is C36H48F3N5O8S. The molecule has 1 aliphatic heterocycles. The molecule has 17 heteroatoms. The Bertz CT molecular complexity index is 1900. The molecule has 2 aromatic rings. The number of hydrogen-bond acceptors (Lipinski definition) is 9. The van der Waals surface area contributed by atoms with Gasteiger partial charge in [-0.05, 0) is 76.0 Å². The highest BCUT2D eigenvalue weighted by atomic mass is 32.2. The van der Waals surface area contributed by atoms with E-state index in [0.29, 0.717) is 19.3 Å². The van der Waals surface area contributed by atoms with Gasteiger partial charge in [-0.1, -0.05) is 40.7 Å². The van der Waals surface area contributed by atoms with Crippen molar-refractivity contribution in [2.75, 3.05) is 6.54 Å². The van der Waals surface area contributed by atoms with Gasteiger partial charge >= 0.3 is 12.3 Å². The largest absolute Gasteiger partial charge is 0.472 e. The Kier molecular flexibility index (Phi) is 10.3. The van der Waals surface area contributed by atoms with Gasteiger partial charge in [0.1, 0.15) is 29.3 Å². The summed E-state index contributed by atoms with van der Waals surface area (Å²) in [5.41, 5.74) is -4.25. The van der Waals surface area contributed by atoms with Crippen molar-refractivity contribution in [2.24, 2.45) is 11.3 Å². The van der Waals surface area contributed by atoms with Gasteiger partial charge in [0.15, 0.2) is 0 Å². The van der Waals surface area contributed by atoms with Crippen molar-refractivity contribution in [3.8, 4) is 5.88 Å². The maximum absolute atomic E-state index is 14.4. The number of carbonyl (C=O) groups is 4. The summed E-state index contributed by atoms with van der Waals surface area (Å²) in [6.07, 6.45) is -4.20. The van der Waals surface area contributed by atoms with Gasteiger partial charge in [-0.2, -0.15) is 13.2 Å². The molecule has 53 heavy (non-hydrogen) atoms. The number of carbonyl (C=O) groups excluding carboxylic acids is 4. The fourth-order valence-corrected chi connectivity index (χ4v) is 8.50. The zero-order chi connectivity index (χ0) is 39.5. The highest BCUT2D eigenvalue weighted by Gasteiger charge is 2.62. The standard InChI is InChI=1S/C36H48F3N5O8S/c1-9-34(14-15-34)53(49,50)43-30(47)35(18-20(35)2)42-27(45)25-17-21(51-28-23-11-10-12-24(36(37,38)39)22(23)13-16-40-28)19-44(25)29(46)26(32(3,4)5)41-31(48)52-33(6,7)8/h10-13,16,20-21,25-26H,9,14-15,17-19H2,1-8H3,(H,41,48)(H,42,45)(H,43,47)/t20-,21-,25+,26-,35-/m1/s1. The monoisotopic (exact) mass is 767 g/mol. The van der Waals surface area contributed by atoms with Crippen LogP contribution >= 0.6 is 0 Å². The van der Waals surface area contributed by atoms with Crippen molar-refractivity contribution in [1.82, 2.24) is 25.2 Å². The van der Waals surface area contributed by atoms with E-state index in [2.05, 4.69) is 20.3 Å². The average molecular weight is 768 g/mol. The summed E-state index contributed by atoms with van der Waals surface area (Å²) in [7, 11) is -4.03. The predicted molar refractivity (Wildman–Crippen MR) is 188 cm³/mol. The van der Waals surface area contributed by atoms with Gasteiger partial charge in [-0.25, -0.2) is 18.2 Å². The third-order valence-corrected chi connectivity index (χ3v) is 12.6. The van der Waals surface area contributed by atoms with Crippen molar-refractivity contribution >= 4 is 44.6 Å². The fraction of sp³-hybridized carbons (Fsp3) is 0.639. The maximum Gasteiger partial charge on any atom is 0.417 e. The lowest BCUT2D eigenvalue weighted by molar-refractivity contribution is -0.143. The minimum atomic E-state index is -4.65. The third-order valence-electron chi connectivity index (χ3n) is 10.3. The number of nitrogens with zero attached hydrogens (tertiary/aromatic N) is 2. The van der Waals surface area contributed by atoms with Crippen LogP contribution in [0.2, 0.25) is 0 Å². The first-order valence-corrected chi connectivity index (χ1v) is 19.1. The van der Waals surface area contributed by atoms with Gasteiger partial charge < -0.3 is 25.0 Å². The second-order valence-electron chi connectivity index (χ2n) is 16.5. The van der Waals surface area contributed by atoms with E-state index >= 15 is 0 Å². The Morgan fingerprint density at radius 1 is 1.04 bits per heavy atom. The van der Waals surface area contributed by atoms with E-state index in [1.165, 1.54) is 29.3 Å². The molecule has 13 nitrogen and oxygen atoms in total. The predicted octanol–water partition coefficient (Wildman–Crippen LogP) is 4.82. The first kappa shape index (κ1) is 40.0. The molecule has 5 rings (SSSR count). The zero-order valence-electron chi connectivity index (χ0n) is 31.1. The van der Waals surface area contributed by atoms with Crippen LogP contribution in [0.4, 0.5) is 18.0 Å². The molecule has 5 atom stereocenters. The van der Waals surface area contributed by atoms with Crippen LogP contribution in [0.5, 0.6) is 5.88 Å². The van der Waals surface area contributed by atoms with Crippen LogP contribution in [0.25, 0.3) is 10.8 Å². The number of halogens is 3. The van der Waals surface area contributed by atoms with Crippen molar-refractivity contribution < 1.29 is 50.2 Å². The van der Waals surface area contributed by atoms with Gasteiger partial charge in [0, 0.05) is 23.4 Å². The number of benzene rings is 1. The number of amides is 4. The molecule has 1 saturated heterocycles. The number of pyridine rings is 1. The minimum absolute atomic E-state index is 0.0661. The summed E-state index contributed by atoms with van der Waals surface area (Å²) >= 11 is 0. The summed E-state index contributed by atoms with van der Waals surface area (Å²) in [5, 5.41) is 5.26. The molecule has 3 N–H and O–H groups in total. The van der Waals surface area contributed by atoms with Crippen molar-refractivity contribution in [1.29, 1.82) is 0 Å². The maximum atomic E-state index is 14.4. The second kappa shape index (κ2) is 13.6. The number of ether oxygens (including phenoxy) is 2. The minimum Gasteiger partial charge on any atom is -0.472 e. The number of hydrogen-bond donors (Lipinski definition) is 3. The number of sulfonamides is 1. The number of alkyl halides is 3. The highest BCUT2D eigenvalue weighted by Crippen LogP contribution is 2.48. The molecule has 3 fully saturated rings. The SMILES string of the molecule is CCC1(S(=O)(=O)NC(=O)[C@@]2(NC(=O)[C@@H]3C[C@@H](Oc4nccc5c(C(F)(F)F)cccc45)CN3C(=O)[C@@H](NC(=O)OC(C)(C)C)C(C)(C)C)C[C@H]2C)CC1. The first-order valence-electron chi connectivity index (χ1n) is 17.6. The van der Waals surface area contributed by atoms with E-state index < -0.39 is 91.0 Å². The molecular weight excluding hydrogens is 719 g/mol. The number of alkyl carbamates (subject to hydrolysis) is 1. The Morgan fingerprint density at radius 2 is 1.68 bits per heavy atom. The second-order valence-corrected chi connectivity index (χ2v) is 18.6. The van der Waals surface area contributed by atoms with Crippen molar-refractivity contribution in [2.45, 2.75) is 128 Å². The summed E-state index contributed by atoms with van der Waals surface area (Å²) in [6, 6.07) is 2.29. The van der Waals surface area contributed by atoms with Crippen LogP contribution < -0.4 is 20.1 Å². The smallest absolute Gasteiger partial charge is 0.417 e. The molecule has 2 saturated carbocycles. The van der Waals surface area contributed by atoms with E-state index in [0.717, 1.165) is 6.07 Å². The van der Waals surface area contributed by atoms with Crippen LogP contribution in [-0.4, -0.2) is 82.7 Å². The Balaban J connectivity index is 1.46. The van der Waals surface area contributed by atoms with Crippen LogP contribution in [0.3, 0.4) is 0 Å². The van der Waals surface area contributed by atoms with Gasteiger partial charge in [-0.3, -0.25) is 19.1 Å². The van der Waals surface area contributed by atoms with E-state index in [9.17, 15) is 40.8 Å². The van der Waals surface area contributed by atoms with Crippen LogP contribution in [0.1, 0.15) is 93.1 Å². The third kappa shape index (κ3) is 8.19. The number of rotatable bonds is 10. The lowest BCUT2D eigenvalue weighted by Crippen LogP contribution is -2.60. The van der Waals surface area contributed by atoms with Gasteiger partial charge in [-0.15, -0.1) is 0 Å². The Hall–Kier alpha value is -4.15. The molecule has 1 aromatic carbocycles. The van der Waals surface area contributed by atoms with Gasteiger partial charge in [0.25, 0.3) is 5.91 Å². The van der Waals surface area contributed by atoms with Crippen molar-refractivity contribution in [3.05, 3.63) is 36.0 Å². The normalized spacial score (nSPS) is 24.6. The number of aromatic nitrogens is 1. The molecule has 4 amide bonds. The molecule has 3 aliphatic rings. The molecule has 2 aliphatic carbocycles. The molecule has 0 bridgehead atoms. The Labute approximate surface area is 307 Å². The topological polar surface area (TPSA) is 173 Å². The van der Waals surface area contributed by atoms with E-state index in [-0.39, 0.29) is 36.0 Å². The number of fused-ring (bicyclic) bond motifs is 1. The molecule has 0 unspecified atom stereocenters. The summed E-state index contributed by atoms with van der Waals surface area (Å²) in [4.78, 5) is 60.4. The molecule has 0 radical (unpaired) electrons.